The number of phenolic OH excluding ortho intramolecular Hbond substituents is 1. The highest BCUT2D eigenvalue weighted by Gasteiger charge is 2.16. The maximum Gasteiger partial charge on any atom is 0.234 e. The smallest absolute Gasteiger partial charge is 0.234 e. The van der Waals surface area contributed by atoms with Gasteiger partial charge in [0.05, 0.1) is 12.2 Å². The third-order valence-corrected chi connectivity index (χ3v) is 5.65. The molecule has 162 valence electrons. The van der Waals surface area contributed by atoms with E-state index in [4.69, 9.17) is 0 Å². The highest BCUT2D eigenvalue weighted by atomic mass is 32.2. The molecular formula is C22H25N5O3S. The Bertz CT molecular complexity index is 1100. The number of hydrogen-bond donors (Lipinski definition) is 3. The van der Waals surface area contributed by atoms with E-state index < -0.39 is 0 Å². The summed E-state index contributed by atoms with van der Waals surface area (Å²) in [5, 5.41) is 24.0. The summed E-state index contributed by atoms with van der Waals surface area (Å²) in [5.41, 5.74) is 3.54. The van der Waals surface area contributed by atoms with Gasteiger partial charge in [0.1, 0.15) is 11.6 Å². The predicted octanol–water partition coefficient (Wildman–Crippen LogP) is 3.53. The van der Waals surface area contributed by atoms with Crippen LogP contribution in [-0.4, -0.2) is 37.4 Å². The standard InChI is InChI=1S/C22H25N5O3S/c1-4-27-19(12-20(29)23-17-9-8-14(2)15(3)10-17)25-26-22(27)31-13-21(30)24-16-6-5-7-18(28)11-16/h5-11,28H,4,12-13H2,1-3H3,(H,23,29)(H,24,30). The van der Waals surface area contributed by atoms with Crippen LogP contribution in [0.4, 0.5) is 11.4 Å². The number of carbonyl (C=O) groups is 2. The minimum absolute atomic E-state index is 0.0832. The van der Waals surface area contributed by atoms with Crippen LogP contribution in [0.5, 0.6) is 5.75 Å². The quantitative estimate of drug-likeness (QED) is 0.463. The molecule has 3 N–H and O–H groups in total. The van der Waals surface area contributed by atoms with Gasteiger partial charge < -0.3 is 20.3 Å². The number of thioether (sulfide) groups is 1. The van der Waals surface area contributed by atoms with E-state index in [2.05, 4.69) is 20.8 Å². The van der Waals surface area contributed by atoms with Crippen molar-refractivity contribution in [2.75, 3.05) is 16.4 Å². The molecule has 2 aromatic carbocycles. The van der Waals surface area contributed by atoms with Gasteiger partial charge in [0.25, 0.3) is 0 Å². The molecule has 1 heterocycles. The molecule has 0 bridgehead atoms. The molecule has 9 heteroatoms. The van der Waals surface area contributed by atoms with Crippen LogP contribution < -0.4 is 10.6 Å². The number of rotatable bonds is 8. The summed E-state index contributed by atoms with van der Waals surface area (Å²) < 4.78 is 1.83. The lowest BCUT2D eigenvalue weighted by Crippen LogP contribution is -2.18. The zero-order chi connectivity index (χ0) is 22.4. The normalized spacial score (nSPS) is 10.7. The first-order valence-corrected chi connectivity index (χ1v) is 10.8. The van der Waals surface area contributed by atoms with E-state index in [0.717, 1.165) is 11.3 Å². The molecule has 1 aromatic heterocycles. The summed E-state index contributed by atoms with van der Waals surface area (Å²) >= 11 is 1.24. The van der Waals surface area contributed by atoms with Crippen molar-refractivity contribution < 1.29 is 14.7 Å². The molecule has 0 atom stereocenters. The van der Waals surface area contributed by atoms with Crippen molar-refractivity contribution in [3.05, 3.63) is 59.4 Å². The first kappa shape index (κ1) is 22.4. The zero-order valence-corrected chi connectivity index (χ0v) is 18.5. The Morgan fingerprint density at radius 3 is 2.45 bits per heavy atom. The molecule has 3 rings (SSSR count). The highest BCUT2D eigenvalue weighted by molar-refractivity contribution is 7.99. The molecular weight excluding hydrogens is 414 g/mol. The molecule has 3 aromatic rings. The number of anilines is 2. The fourth-order valence-electron chi connectivity index (χ4n) is 2.95. The summed E-state index contributed by atoms with van der Waals surface area (Å²) in [4.78, 5) is 24.7. The third-order valence-electron chi connectivity index (χ3n) is 4.68. The second kappa shape index (κ2) is 10.1. The van der Waals surface area contributed by atoms with Crippen molar-refractivity contribution in [3.8, 4) is 5.75 Å². The number of aromatic nitrogens is 3. The van der Waals surface area contributed by atoms with Crippen molar-refractivity contribution >= 4 is 35.0 Å². The largest absolute Gasteiger partial charge is 0.508 e. The molecule has 0 aliphatic rings. The van der Waals surface area contributed by atoms with Crippen LogP contribution >= 0.6 is 11.8 Å². The van der Waals surface area contributed by atoms with E-state index >= 15 is 0 Å². The van der Waals surface area contributed by atoms with Crippen LogP contribution in [0, 0.1) is 13.8 Å². The van der Waals surface area contributed by atoms with E-state index in [1.807, 2.05) is 43.5 Å². The highest BCUT2D eigenvalue weighted by Crippen LogP contribution is 2.20. The maximum absolute atomic E-state index is 12.5. The van der Waals surface area contributed by atoms with Gasteiger partial charge in [-0.2, -0.15) is 0 Å². The number of amides is 2. The van der Waals surface area contributed by atoms with Crippen molar-refractivity contribution in [2.45, 2.75) is 38.9 Å². The van der Waals surface area contributed by atoms with Gasteiger partial charge in [-0.3, -0.25) is 9.59 Å². The molecule has 0 aliphatic carbocycles. The summed E-state index contributed by atoms with van der Waals surface area (Å²) in [5.74, 6) is 0.348. The van der Waals surface area contributed by atoms with E-state index in [-0.39, 0.29) is 29.7 Å². The van der Waals surface area contributed by atoms with Crippen LogP contribution in [-0.2, 0) is 22.6 Å². The molecule has 8 nitrogen and oxygen atoms in total. The first-order chi connectivity index (χ1) is 14.9. The summed E-state index contributed by atoms with van der Waals surface area (Å²) in [6.45, 7) is 6.54. The summed E-state index contributed by atoms with van der Waals surface area (Å²) in [6, 6.07) is 12.1. The van der Waals surface area contributed by atoms with Crippen molar-refractivity contribution in [1.29, 1.82) is 0 Å². The molecule has 2 amide bonds. The van der Waals surface area contributed by atoms with Crippen LogP contribution in [0.15, 0.2) is 47.6 Å². The second-order valence-electron chi connectivity index (χ2n) is 7.05. The Labute approximate surface area is 185 Å². The Morgan fingerprint density at radius 1 is 1.00 bits per heavy atom. The van der Waals surface area contributed by atoms with Crippen LogP contribution in [0.1, 0.15) is 23.9 Å². The lowest BCUT2D eigenvalue weighted by Gasteiger charge is -2.09. The number of nitrogens with one attached hydrogen (secondary N) is 2. The monoisotopic (exact) mass is 439 g/mol. The molecule has 0 saturated heterocycles. The molecule has 31 heavy (non-hydrogen) atoms. The molecule has 0 aliphatic heterocycles. The number of phenols is 1. The Hall–Kier alpha value is -3.33. The predicted molar refractivity (Wildman–Crippen MR) is 121 cm³/mol. The van der Waals surface area contributed by atoms with Gasteiger partial charge >= 0.3 is 0 Å². The number of carbonyl (C=O) groups excluding carboxylic acids is 2. The molecule has 0 fully saturated rings. The average molecular weight is 440 g/mol. The number of aromatic hydroxyl groups is 1. The van der Waals surface area contributed by atoms with Crippen LogP contribution in [0.2, 0.25) is 0 Å². The van der Waals surface area contributed by atoms with Gasteiger partial charge in [-0.1, -0.05) is 23.9 Å². The van der Waals surface area contributed by atoms with Crippen molar-refractivity contribution in [3.63, 3.8) is 0 Å². The topological polar surface area (TPSA) is 109 Å². The summed E-state index contributed by atoms with van der Waals surface area (Å²) in [6.07, 6.45) is 0.0871. The fraction of sp³-hybridized carbons (Fsp3) is 0.273. The van der Waals surface area contributed by atoms with Gasteiger partial charge in [-0.25, -0.2) is 0 Å². The lowest BCUT2D eigenvalue weighted by molar-refractivity contribution is -0.116. The van der Waals surface area contributed by atoms with Gasteiger partial charge in [0.2, 0.25) is 11.8 Å². The number of hydrogen-bond acceptors (Lipinski definition) is 6. The van der Waals surface area contributed by atoms with Crippen molar-refractivity contribution in [1.82, 2.24) is 14.8 Å². The van der Waals surface area contributed by atoms with E-state index in [0.29, 0.717) is 23.2 Å². The van der Waals surface area contributed by atoms with Gasteiger partial charge in [0.15, 0.2) is 5.16 Å². The molecule has 0 saturated carbocycles. The van der Waals surface area contributed by atoms with E-state index in [1.165, 1.54) is 29.5 Å². The molecule has 0 unspecified atom stereocenters. The first-order valence-electron chi connectivity index (χ1n) is 9.86. The minimum atomic E-state index is -0.227. The average Bonchev–Trinajstić information content (AvgIpc) is 3.10. The number of nitrogens with zero attached hydrogens (tertiary/aromatic N) is 3. The zero-order valence-electron chi connectivity index (χ0n) is 17.7. The Balaban J connectivity index is 1.58. The minimum Gasteiger partial charge on any atom is -0.508 e. The number of aryl methyl sites for hydroxylation is 2. The third kappa shape index (κ3) is 6.08. The lowest BCUT2D eigenvalue weighted by atomic mass is 10.1. The Kier molecular flexibility index (Phi) is 7.30. The number of benzene rings is 2. The Morgan fingerprint density at radius 2 is 1.74 bits per heavy atom. The van der Waals surface area contributed by atoms with Gasteiger partial charge in [-0.05, 0) is 56.2 Å². The maximum atomic E-state index is 12.5. The van der Waals surface area contributed by atoms with Gasteiger partial charge in [-0.15, -0.1) is 10.2 Å². The van der Waals surface area contributed by atoms with Gasteiger partial charge in [0, 0.05) is 24.0 Å². The SMILES string of the molecule is CCn1c(CC(=O)Nc2ccc(C)c(C)c2)nnc1SCC(=O)Nc1cccc(O)c1. The molecule has 0 radical (unpaired) electrons. The van der Waals surface area contributed by atoms with Crippen molar-refractivity contribution in [2.24, 2.45) is 0 Å². The van der Waals surface area contributed by atoms with Crippen LogP contribution in [0.25, 0.3) is 0 Å². The fourth-order valence-corrected chi connectivity index (χ4v) is 3.77. The van der Waals surface area contributed by atoms with E-state index in [9.17, 15) is 14.7 Å². The molecule has 0 spiro atoms. The van der Waals surface area contributed by atoms with E-state index in [1.54, 1.807) is 12.1 Å². The summed E-state index contributed by atoms with van der Waals surface area (Å²) in [7, 11) is 0. The second-order valence-corrected chi connectivity index (χ2v) is 8.00. The van der Waals surface area contributed by atoms with Crippen LogP contribution in [0.3, 0.4) is 0 Å².